The van der Waals surface area contributed by atoms with Crippen molar-refractivity contribution in [3.8, 4) is 0 Å². The van der Waals surface area contributed by atoms with E-state index in [1.807, 2.05) is 0 Å². The number of amides is 1. The Morgan fingerprint density at radius 3 is 2.42 bits per heavy atom. The molecule has 0 aliphatic heterocycles. The van der Waals surface area contributed by atoms with Crippen LogP contribution >= 0.6 is 0 Å². The van der Waals surface area contributed by atoms with E-state index in [2.05, 4.69) is 0 Å². The number of ether oxygens (including phenoxy) is 1. The van der Waals surface area contributed by atoms with Crippen molar-refractivity contribution in [3.63, 3.8) is 0 Å². The van der Waals surface area contributed by atoms with Gasteiger partial charge in [-0.1, -0.05) is 0 Å². The number of rotatable bonds is 2. The summed E-state index contributed by atoms with van der Waals surface area (Å²) in [4.78, 5) is 12.8. The molecule has 0 bridgehead atoms. The molecule has 0 aliphatic rings. The Bertz CT molecular complexity index is 484. The van der Waals surface area contributed by atoms with Gasteiger partial charge in [0, 0.05) is 6.54 Å². The Morgan fingerprint density at radius 2 is 1.95 bits per heavy atom. The molecule has 0 heterocycles. The lowest BCUT2D eigenvalue weighted by molar-refractivity contribution is 0.0580. The van der Waals surface area contributed by atoms with Gasteiger partial charge in [0.2, 0.25) is 0 Å². The molecule has 1 amide bonds. The summed E-state index contributed by atoms with van der Waals surface area (Å²) >= 11 is 0. The fraction of sp³-hybridized carbons (Fsp3) is 0.462. The Labute approximate surface area is 111 Å². The van der Waals surface area contributed by atoms with Crippen molar-refractivity contribution in [1.29, 1.82) is 0 Å². The van der Waals surface area contributed by atoms with Crippen molar-refractivity contribution >= 4 is 17.5 Å². The minimum atomic E-state index is -0.965. The summed E-state index contributed by atoms with van der Waals surface area (Å²) in [6.45, 7) is 6.67. The number of carbonyl (C=O) groups is 1. The molecular formula is C13H18F2N2O2. The molecule has 2 N–H and O–H groups in total. The first-order valence-corrected chi connectivity index (χ1v) is 5.91. The second kappa shape index (κ2) is 5.42. The van der Waals surface area contributed by atoms with Crippen molar-refractivity contribution in [3.05, 3.63) is 23.8 Å². The lowest BCUT2D eigenvalue weighted by Gasteiger charge is -2.27. The molecule has 19 heavy (non-hydrogen) atoms. The van der Waals surface area contributed by atoms with E-state index in [9.17, 15) is 13.6 Å². The molecule has 0 atom stereocenters. The second-order valence-corrected chi connectivity index (χ2v) is 5.02. The van der Waals surface area contributed by atoms with Crippen LogP contribution in [0.1, 0.15) is 27.7 Å². The smallest absolute Gasteiger partial charge is 0.414 e. The minimum absolute atomic E-state index is 0.0617. The predicted octanol–water partition coefficient (Wildman–Crippen LogP) is 3.31. The minimum Gasteiger partial charge on any atom is -0.443 e. The zero-order valence-corrected chi connectivity index (χ0v) is 11.5. The van der Waals surface area contributed by atoms with Crippen LogP contribution in [0.5, 0.6) is 0 Å². The average Bonchev–Trinajstić information content (AvgIpc) is 2.27. The van der Waals surface area contributed by atoms with Crippen molar-refractivity contribution in [1.82, 2.24) is 0 Å². The third-order valence-corrected chi connectivity index (χ3v) is 2.30. The standard InChI is InChI=1S/C13H18F2N2O2/c1-5-17(12(18)19-13(2,3)4)11-8(14)6-7-9(16)10(11)15/h6-7H,5,16H2,1-4H3. The van der Waals surface area contributed by atoms with Gasteiger partial charge in [-0.2, -0.15) is 0 Å². The normalized spacial score (nSPS) is 11.3. The third kappa shape index (κ3) is 3.56. The highest BCUT2D eigenvalue weighted by molar-refractivity contribution is 5.89. The van der Waals surface area contributed by atoms with Crippen LogP contribution in [0.25, 0.3) is 0 Å². The Kier molecular flexibility index (Phi) is 4.34. The zero-order chi connectivity index (χ0) is 14.8. The highest BCUT2D eigenvalue weighted by Crippen LogP contribution is 2.28. The Morgan fingerprint density at radius 1 is 1.37 bits per heavy atom. The van der Waals surface area contributed by atoms with Crippen molar-refractivity contribution in [2.75, 3.05) is 17.2 Å². The lowest BCUT2D eigenvalue weighted by atomic mass is 10.2. The van der Waals surface area contributed by atoms with E-state index in [-0.39, 0.29) is 12.2 Å². The van der Waals surface area contributed by atoms with E-state index in [0.29, 0.717) is 0 Å². The van der Waals surface area contributed by atoms with Gasteiger partial charge in [0.25, 0.3) is 0 Å². The Hall–Kier alpha value is -1.85. The highest BCUT2D eigenvalue weighted by atomic mass is 19.1. The van der Waals surface area contributed by atoms with E-state index >= 15 is 0 Å². The van der Waals surface area contributed by atoms with Gasteiger partial charge in [-0.3, -0.25) is 4.90 Å². The van der Waals surface area contributed by atoms with Gasteiger partial charge < -0.3 is 10.5 Å². The van der Waals surface area contributed by atoms with Gasteiger partial charge in [0.05, 0.1) is 5.69 Å². The summed E-state index contributed by atoms with van der Waals surface area (Å²) in [5.41, 5.74) is 3.92. The van der Waals surface area contributed by atoms with Gasteiger partial charge in [0.15, 0.2) is 5.82 Å². The van der Waals surface area contributed by atoms with Gasteiger partial charge in [-0.25, -0.2) is 13.6 Å². The number of hydrogen-bond acceptors (Lipinski definition) is 3. The fourth-order valence-corrected chi connectivity index (χ4v) is 1.50. The molecule has 0 unspecified atom stereocenters. The molecule has 4 nitrogen and oxygen atoms in total. The average molecular weight is 272 g/mol. The molecule has 1 aromatic rings. The lowest BCUT2D eigenvalue weighted by Crippen LogP contribution is -2.37. The van der Waals surface area contributed by atoms with Crippen LogP contribution in [-0.4, -0.2) is 18.2 Å². The van der Waals surface area contributed by atoms with Crippen molar-refractivity contribution in [2.45, 2.75) is 33.3 Å². The topological polar surface area (TPSA) is 55.6 Å². The van der Waals surface area contributed by atoms with Gasteiger partial charge in [-0.05, 0) is 39.8 Å². The molecule has 0 radical (unpaired) electrons. The molecule has 0 aromatic heterocycles. The summed E-state index contributed by atoms with van der Waals surface area (Å²) < 4.78 is 32.7. The fourth-order valence-electron chi connectivity index (χ4n) is 1.50. The molecule has 0 spiro atoms. The van der Waals surface area contributed by atoms with E-state index in [0.717, 1.165) is 17.0 Å². The maximum atomic E-state index is 13.9. The quantitative estimate of drug-likeness (QED) is 0.840. The molecule has 0 saturated heterocycles. The molecule has 1 rings (SSSR count). The number of benzene rings is 1. The van der Waals surface area contributed by atoms with Crippen LogP contribution in [0.3, 0.4) is 0 Å². The number of nitrogens with two attached hydrogens (primary N) is 1. The maximum absolute atomic E-state index is 13.9. The molecular weight excluding hydrogens is 254 g/mol. The molecule has 0 saturated carbocycles. The largest absolute Gasteiger partial charge is 0.443 e. The monoisotopic (exact) mass is 272 g/mol. The van der Waals surface area contributed by atoms with E-state index < -0.39 is 29.0 Å². The predicted molar refractivity (Wildman–Crippen MR) is 70.0 cm³/mol. The van der Waals surface area contributed by atoms with E-state index in [1.165, 1.54) is 0 Å². The SMILES string of the molecule is CCN(C(=O)OC(C)(C)C)c1c(F)ccc(N)c1F. The first kappa shape index (κ1) is 15.2. The number of halogens is 2. The number of nitrogen functional groups attached to an aromatic ring is 1. The molecule has 0 fully saturated rings. The molecule has 1 aromatic carbocycles. The van der Waals surface area contributed by atoms with Crippen LogP contribution < -0.4 is 10.6 Å². The maximum Gasteiger partial charge on any atom is 0.414 e. The third-order valence-electron chi connectivity index (χ3n) is 2.30. The summed E-state index contributed by atoms with van der Waals surface area (Å²) in [5.74, 6) is -1.83. The summed E-state index contributed by atoms with van der Waals surface area (Å²) in [6.07, 6.45) is -0.821. The zero-order valence-electron chi connectivity index (χ0n) is 11.5. The summed E-state index contributed by atoms with van der Waals surface area (Å²) in [7, 11) is 0. The van der Waals surface area contributed by atoms with Crippen LogP contribution in [-0.2, 0) is 4.74 Å². The first-order valence-electron chi connectivity index (χ1n) is 5.91. The number of hydrogen-bond donors (Lipinski definition) is 1. The summed E-state index contributed by atoms with van der Waals surface area (Å²) in [5, 5.41) is 0. The Balaban J connectivity index is 3.18. The number of nitrogens with zero attached hydrogens (tertiary/aromatic N) is 1. The van der Waals surface area contributed by atoms with Crippen LogP contribution in [0.2, 0.25) is 0 Å². The summed E-state index contributed by atoms with van der Waals surface area (Å²) in [6, 6.07) is 2.12. The molecule has 6 heteroatoms. The molecule has 106 valence electrons. The van der Waals surface area contributed by atoms with Gasteiger partial charge in [-0.15, -0.1) is 0 Å². The highest BCUT2D eigenvalue weighted by Gasteiger charge is 2.27. The van der Waals surface area contributed by atoms with Gasteiger partial charge >= 0.3 is 6.09 Å². The van der Waals surface area contributed by atoms with E-state index in [1.54, 1.807) is 27.7 Å². The van der Waals surface area contributed by atoms with Crippen molar-refractivity contribution < 1.29 is 18.3 Å². The van der Waals surface area contributed by atoms with Gasteiger partial charge in [0.1, 0.15) is 17.1 Å². The van der Waals surface area contributed by atoms with Crippen LogP contribution in [0.15, 0.2) is 12.1 Å². The molecule has 0 aliphatic carbocycles. The van der Waals surface area contributed by atoms with Crippen molar-refractivity contribution in [2.24, 2.45) is 0 Å². The number of anilines is 2. The van der Waals surface area contributed by atoms with E-state index in [4.69, 9.17) is 10.5 Å². The second-order valence-electron chi connectivity index (χ2n) is 5.02. The number of carbonyl (C=O) groups excluding carboxylic acids is 1. The van der Waals surface area contributed by atoms with Crippen LogP contribution in [0.4, 0.5) is 25.0 Å². The first-order chi connectivity index (χ1) is 8.67. The van der Waals surface area contributed by atoms with Crippen LogP contribution in [0, 0.1) is 11.6 Å².